The van der Waals surface area contributed by atoms with E-state index in [9.17, 15) is 17.6 Å². The zero-order valence-electron chi connectivity index (χ0n) is 11.6. The van der Waals surface area contributed by atoms with Crippen LogP contribution in [-0.4, -0.2) is 36.3 Å². The molecule has 7 atom stereocenters. The number of fused-ring (bicyclic) bond motifs is 5. The van der Waals surface area contributed by atoms with Gasteiger partial charge in [-0.3, -0.25) is 0 Å². The van der Waals surface area contributed by atoms with E-state index >= 15 is 0 Å². The van der Waals surface area contributed by atoms with Gasteiger partial charge in [-0.1, -0.05) is 0 Å². The molecule has 116 valence electrons. The second-order valence-corrected chi connectivity index (χ2v) is 6.68. The predicted molar refractivity (Wildman–Crippen MR) is 64.0 cm³/mol. The first-order chi connectivity index (χ1) is 9.19. The van der Waals surface area contributed by atoms with Crippen LogP contribution in [-0.2, 0) is 9.47 Å². The summed E-state index contributed by atoms with van der Waals surface area (Å²) in [5.74, 6) is 0.838. The van der Waals surface area contributed by atoms with Crippen molar-refractivity contribution in [2.24, 2.45) is 11.8 Å². The highest BCUT2D eigenvalue weighted by molar-refractivity contribution is 5.02. The number of ether oxygens (including phenoxy) is 2. The van der Waals surface area contributed by atoms with Gasteiger partial charge in [0.2, 0.25) is 5.67 Å². The molecule has 2 bridgehead atoms. The van der Waals surface area contributed by atoms with Gasteiger partial charge in [0, 0.05) is 6.42 Å². The van der Waals surface area contributed by atoms with Crippen molar-refractivity contribution in [3.8, 4) is 0 Å². The molecule has 3 fully saturated rings. The summed E-state index contributed by atoms with van der Waals surface area (Å²) in [6.07, 6.45) is -3.85. The fourth-order valence-electron chi connectivity index (χ4n) is 3.92. The van der Waals surface area contributed by atoms with E-state index in [1.807, 2.05) is 0 Å². The van der Waals surface area contributed by atoms with Crippen molar-refractivity contribution in [2.45, 2.75) is 75.8 Å². The molecule has 2 saturated carbocycles. The molecule has 0 aromatic rings. The lowest BCUT2D eigenvalue weighted by molar-refractivity contribution is -0.267. The number of halogens is 4. The lowest BCUT2D eigenvalue weighted by Gasteiger charge is -2.44. The maximum absolute atomic E-state index is 13.8. The summed E-state index contributed by atoms with van der Waals surface area (Å²) >= 11 is 0. The third kappa shape index (κ3) is 2.25. The van der Waals surface area contributed by atoms with Gasteiger partial charge in [-0.2, -0.15) is 13.2 Å². The van der Waals surface area contributed by atoms with Crippen LogP contribution in [0, 0.1) is 11.8 Å². The molecule has 1 saturated heterocycles. The monoisotopic (exact) mass is 296 g/mol. The Bertz CT molecular complexity index is 382. The predicted octanol–water partition coefficient (Wildman–Crippen LogP) is 3.64. The standard InChI is InChI=1S/C14H20F4O2/c1-7-10(6-13(2,15)14(16,17)18)20-12-9-4-3-8(5-9)11(12)19-7/h7-12H,3-6H2,1-2H3. The van der Waals surface area contributed by atoms with E-state index in [0.717, 1.165) is 19.3 Å². The largest absolute Gasteiger partial charge is 0.422 e. The highest BCUT2D eigenvalue weighted by atomic mass is 19.4. The van der Waals surface area contributed by atoms with E-state index in [2.05, 4.69) is 0 Å². The van der Waals surface area contributed by atoms with Crippen LogP contribution < -0.4 is 0 Å². The van der Waals surface area contributed by atoms with E-state index < -0.39 is 30.5 Å². The summed E-state index contributed by atoms with van der Waals surface area (Å²) in [5, 5.41) is 0. The van der Waals surface area contributed by atoms with Crippen LogP contribution in [0.2, 0.25) is 0 Å². The molecule has 0 aromatic carbocycles. The van der Waals surface area contributed by atoms with Crippen molar-refractivity contribution in [3.05, 3.63) is 0 Å². The fourth-order valence-corrected chi connectivity index (χ4v) is 3.92. The Hall–Kier alpha value is -0.360. The summed E-state index contributed by atoms with van der Waals surface area (Å²) in [4.78, 5) is 0. The Labute approximate surface area is 115 Å². The van der Waals surface area contributed by atoms with Crippen molar-refractivity contribution in [1.29, 1.82) is 0 Å². The lowest BCUT2D eigenvalue weighted by Crippen LogP contribution is -2.53. The van der Waals surface area contributed by atoms with Gasteiger partial charge < -0.3 is 9.47 Å². The lowest BCUT2D eigenvalue weighted by atomic mass is 9.90. The molecule has 2 aliphatic carbocycles. The van der Waals surface area contributed by atoms with E-state index in [1.165, 1.54) is 0 Å². The fraction of sp³-hybridized carbons (Fsp3) is 1.00. The number of hydrogen-bond acceptors (Lipinski definition) is 2. The molecule has 1 heterocycles. The minimum absolute atomic E-state index is 0.00301. The second kappa shape index (κ2) is 4.57. The van der Waals surface area contributed by atoms with Gasteiger partial charge >= 0.3 is 6.18 Å². The average molecular weight is 296 g/mol. The first-order valence-electron chi connectivity index (χ1n) is 7.25. The average Bonchev–Trinajstić information content (AvgIpc) is 2.89. The van der Waals surface area contributed by atoms with Gasteiger partial charge in [-0.05, 0) is 44.9 Å². The third-order valence-corrected chi connectivity index (χ3v) is 5.17. The molecule has 20 heavy (non-hydrogen) atoms. The van der Waals surface area contributed by atoms with Gasteiger partial charge in [0.1, 0.15) is 0 Å². The first-order valence-corrected chi connectivity index (χ1v) is 7.25. The Morgan fingerprint density at radius 3 is 2.10 bits per heavy atom. The summed E-state index contributed by atoms with van der Waals surface area (Å²) in [7, 11) is 0. The summed E-state index contributed by atoms with van der Waals surface area (Å²) < 4.78 is 63.5. The summed E-state index contributed by atoms with van der Waals surface area (Å²) in [5.41, 5.74) is -3.24. The highest BCUT2D eigenvalue weighted by Gasteiger charge is 2.58. The Morgan fingerprint density at radius 1 is 1.00 bits per heavy atom. The maximum atomic E-state index is 13.8. The minimum Gasteiger partial charge on any atom is -0.370 e. The normalized spacial score (nSPS) is 47.1. The molecular weight excluding hydrogens is 276 g/mol. The summed E-state index contributed by atoms with van der Waals surface area (Å²) in [6, 6.07) is 0. The number of alkyl halides is 4. The molecule has 7 unspecified atom stereocenters. The Kier molecular flexibility index (Phi) is 3.33. The van der Waals surface area contributed by atoms with Crippen molar-refractivity contribution in [3.63, 3.8) is 0 Å². The van der Waals surface area contributed by atoms with Gasteiger partial charge in [-0.25, -0.2) is 4.39 Å². The van der Waals surface area contributed by atoms with Crippen LogP contribution in [0.3, 0.4) is 0 Å². The number of hydrogen-bond donors (Lipinski definition) is 0. The van der Waals surface area contributed by atoms with Crippen LogP contribution >= 0.6 is 0 Å². The van der Waals surface area contributed by atoms with Crippen LogP contribution in [0.15, 0.2) is 0 Å². The van der Waals surface area contributed by atoms with E-state index in [-0.39, 0.29) is 12.2 Å². The summed E-state index contributed by atoms with van der Waals surface area (Å²) in [6.45, 7) is 2.26. The zero-order chi connectivity index (χ0) is 14.7. The van der Waals surface area contributed by atoms with Crippen molar-refractivity contribution in [1.82, 2.24) is 0 Å². The minimum atomic E-state index is -4.87. The second-order valence-electron chi connectivity index (χ2n) is 6.68. The molecule has 2 nitrogen and oxygen atoms in total. The van der Waals surface area contributed by atoms with Crippen LogP contribution in [0.1, 0.15) is 39.5 Å². The Balaban J connectivity index is 1.69. The SMILES string of the molecule is CC1OC2C3CCC(C3)C2OC1CC(C)(F)C(F)(F)F. The van der Waals surface area contributed by atoms with Crippen LogP contribution in [0.25, 0.3) is 0 Å². The van der Waals surface area contributed by atoms with E-state index in [1.54, 1.807) is 6.92 Å². The van der Waals surface area contributed by atoms with E-state index in [0.29, 0.717) is 18.8 Å². The van der Waals surface area contributed by atoms with Crippen molar-refractivity contribution >= 4 is 0 Å². The molecule has 0 amide bonds. The topological polar surface area (TPSA) is 18.5 Å². The molecule has 3 aliphatic rings. The van der Waals surface area contributed by atoms with Crippen LogP contribution in [0.4, 0.5) is 17.6 Å². The molecule has 6 heteroatoms. The number of rotatable bonds is 2. The van der Waals surface area contributed by atoms with Gasteiger partial charge in [0.15, 0.2) is 0 Å². The first kappa shape index (κ1) is 14.6. The molecule has 0 radical (unpaired) electrons. The maximum Gasteiger partial charge on any atom is 0.422 e. The molecule has 0 spiro atoms. The van der Waals surface area contributed by atoms with Crippen LogP contribution in [0.5, 0.6) is 0 Å². The highest BCUT2D eigenvalue weighted by Crippen LogP contribution is 2.51. The van der Waals surface area contributed by atoms with E-state index in [4.69, 9.17) is 9.47 Å². The molecule has 0 N–H and O–H groups in total. The molecule has 3 rings (SSSR count). The van der Waals surface area contributed by atoms with Crippen molar-refractivity contribution in [2.75, 3.05) is 0 Å². The Morgan fingerprint density at radius 2 is 1.55 bits per heavy atom. The smallest absolute Gasteiger partial charge is 0.370 e. The third-order valence-electron chi connectivity index (χ3n) is 5.17. The van der Waals surface area contributed by atoms with Crippen molar-refractivity contribution < 1.29 is 27.0 Å². The zero-order valence-corrected chi connectivity index (χ0v) is 11.6. The van der Waals surface area contributed by atoms with Gasteiger partial charge in [-0.15, -0.1) is 0 Å². The molecular formula is C14H20F4O2. The molecule has 1 aliphatic heterocycles. The quantitative estimate of drug-likeness (QED) is 0.724. The van der Waals surface area contributed by atoms with Gasteiger partial charge in [0.25, 0.3) is 0 Å². The molecule has 0 aromatic heterocycles. The van der Waals surface area contributed by atoms with Gasteiger partial charge in [0.05, 0.1) is 24.4 Å².